The average molecular weight is 420 g/mol. The summed E-state index contributed by atoms with van der Waals surface area (Å²) in [6.45, 7) is 2.43. The van der Waals surface area contributed by atoms with Gasteiger partial charge in [0.1, 0.15) is 11.8 Å². The highest BCUT2D eigenvalue weighted by molar-refractivity contribution is 5.70. The number of ether oxygens (including phenoxy) is 2. The van der Waals surface area contributed by atoms with Crippen LogP contribution in [0.25, 0.3) is 0 Å². The van der Waals surface area contributed by atoms with Gasteiger partial charge in [-0.2, -0.15) is 13.2 Å². The van der Waals surface area contributed by atoms with Crippen LogP contribution in [0.15, 0.2) is 59.0 Å². The third-order valence-corrected chi connectivity index (χ3v) is 5.77. The summed E-state index contributed by atoms with van der Waals surface area (Å²) >= 11 is 0. The Bertz CT molecular complexity index is 932. The van der Waals surface area contributed by atoms with Crippen molar-refractivity contribution in [1.82, 2.24) is 10.2 Å². The molecule has 0 aromatic heterocycles. The van der Waals surface area contributed by atoms with Gasteiger partial charge in [0.2, 0.25) is 0 Å². The number of alkyl halides is 3. The van der Waals surface area contributed by atoms with Gasteiger partial charge in [0.25, 0.3) is 0 Å². The molecule has 2 heterocycles. The lowest BCUT2D eigenvalue weighted by molar-refractivity contribution is -0.0888. The molecular weight excluding hydrogens is 397 g/mol. The first-order valence-corrected chi connectivity index (χ1v) is 9.89. The predicted molar refractivity (Wildman–Crippen MR) is 105 cm³/mol. The minimum absolute atomic E-state index is 0.115. The molecule has 0 bridgehead atoms. The SMILES string of the molecule is CCOC(=O)N1CCC2=C(NC3=CC(C(F)(F)F)=CCC32)C1c1ccc(OC)cc1. The Labute approximate surface area is 172 Å². The van der Waals surface area contributed by atoms with E-state index in [-0.39, 0.29) is 12.5 Å². The first-order valence-electron chi connectivity index (χ1n) is 9.89. The fraction of sp³-hybridized carbons (Fsp3) is 0.409. The van der Waals surface area contributed by atoms with E-state index in [2.05, 4.69) is 5.32 Å². The second-order valence-corrected chi connectivity index (χ2v) is 7.43. The van der Waals surface area contributed by atoms with Crippen molar-refractivity contribution in [1.29, 1.82) is 0 Å². The third kappa shape index (κ3) is 3.55. The number of fused-ring (bicyclic) bond motifs is 2. The van der Waals surface area contributed by atoms with Crippen LogP contribution in [0.1, 0.15) is 31.4 Å². The van der Waals surface area contributed by atoms with Crippen molar-refractivity contribution in [3.8, 4) is 5.75 Å². The van der Waals surface area contributed by atoms with Crippen LogP contribution in [0.5, 0.6) is 5.75 Å². The van der Waals surface area contributed by atoms with E-state index in [1.54, 1.807) is 31.1 Å². The summed E-state index contributed by atoms with van der Waals surface area (Å²) in [6.07, 6.45) is -1.50. The van der Waals surface area contributed by atoms with Gasteiger partial charge in [-0.05, 0) is 49.1 Å². The molecule has 30 heavy (non-hydrogen) atoms. The second-order valence-electron chi connectivity index (χ2n) is 7.43. The molecule has 3 aliphatic rings. The fourth-order valence-electron chi connectivity index (χ4n) is 4.39. The lowest BCUT2D eigenvalue weighted by atomic mass is 9.84. The molecule has 0 saturated heterocycles. The lowest BCUT2D eigenvalue weighted by Gasteiger charge is -2.36. The standard InChI is InChI=1S/C22H23F3N2O3/c1-3-30-21(28)27-11-10-17-16-9-6-14(22(23,24)25)12-18(16)26-19(17)20(27)13-4-7-15(29-2)8-5-13/h4-8,12,16,20,26H,3,9-11H2,1-2H3. The summed E-state index contributed by atoms with van der Waals surface area (Å²) in [4.78, 5) is 14.3. The average Bonchev–Trinajstić information content (AvgIpc) is 3.10. The van der Waals surface area contributed by atoms with Gasteiger partial charge in [0, 0.05) is 23.9 Å². The van der Waals surface area contributed by atoms with Crippen LogP contribution < -0.4 is 10.1 Å². The minimum atomic E-state index is -4.38. The number of carbonyl (C=O) groups excluding carboxylic acids is 1. The van der Waals surface area contributed by atoms with Gasteiger partial charge in [-0.25, -0.2) is 4.79 Å². The van der Waals surface area contributed by atoms with Gasteiger partial charge in [-0.1, -0.05) is 18.2 Å². The van der Waals surface area contributed by atoms with Crippen LogP contribution in [-0.2, 0) is 4.74 Å². The van der Waals surface area contributed by atoms with Crippen LogP contribution in [0.2, 0.25) is 0 Å². The molecule has 0 spiro atoms. The van der Waals surface area contributed by atoms with Crippen LogP contribution >= 0.6 is 0 Å². The monoisotopic (exact) mass is 420 g/mol. The van der Waals surface area contributed by atoms with Crippen molar-refractivity contribution in [2.75, 3.05) is 20.3 Å². The molecule has 0 fully saturated rings. The van der Waals surface area contributed by atoms with Gasteiger partial charge in [0.15, 0.2) is 0 Å². The van der Waals surface area contributed by atoms with E-state index in [0.29, 0.717) is 30.8 Å². The Morgan fingerprint density at radius 3 is 2.63 bits per heavy atom. The van der Waals surface area contributed by atoms with Crippen molar-refractivity contribution >= 4 is 6.09 Å². The number of halogens is 3. The molecule has 5 nitrogen and oxygen atoms in total. The summed E-state index contributed by atoms with van der Waals surface area (Å²) < 4.78 is 50.1. The molecule has 0 saturated carbocycles. The van der Waals surface area contributed by atoms with Crippen LogP contribution in [0.3, 0.4) is 0 Å². The maximum Gasteiger partial charge on any atom is 0.416 e. The quantitative estimate of drug-likeness (QED) is 0.760. The molecule has 1 aromatic carbocycles. The number of nitrogens with one attached hydrogen (secondary N) is 1. The zero-order valence-corrected chi connectivity index (χ0v) is 16.8. The number of hydrogen-bond donors (Lipinski definition) is 1. The Morgan fingerprint density at radius 2 is 2.00 bits per heavy atom. The van der Waals surface area contributed by atoms with Crippen molar-refractivity contribution in [3.63, 3.8) is 0 Å². The van der Waals surface area contributed by atoms with E-state index in [1.165, 1.54) is 12.2 Å². The van der Waals surface area contributed by atoms with E-state index < -0.39 is 23.9 Å². The topological polar surface area (TPSA) is 50.8 Å². The maximum atomic E-state index is 13.2. The molecule has 0 radical (unpaired) electrons. The Hall–Kier alpha value is -2.90. The lowest BCUT2D eigenvalue weighted by Crippen LogP contribution is -2.41. The number of benzene rings is 1. The first-order chi connectivity index (χ1) is 14.3. The molecule has 160 valence electrons. The molecule has 1 aliphatic carbocycles. The Morgan fingerprint density at radius 1 is 1.27 bits per heavy atom. The summed E-state index contributed by atoms with van der Waals surface area (Å²) in [5.74, 6) is 0.567. The number of methoxy groups -OCH3 is 1. The largest absolute Gasteiger partial charge is 0.497 e. The van der Waals surface area contributed by atoms with Gasteiger partial charge < -0.3 is 14.8 Å². The van der Waals surface area contributed by atoms with E-state index in [1.807, 2.05) is 12.1 Å². The van der Waals surface area contributed by atoms with Gasteiger partial charge in [-0.15, -0.1) is 0 Å². The number of nitrogens with zero attached hydrogens (tertiary/aromatic N) is 1. The van der Waals surface area contributed by atoms with Crippen molar-refractivity contribution < 1.29 is 27.4 Å². The number of amides is 1. The highest BCUT2D eigenvalue weighted by Crippen LogP contribution is 2.47. The Balaban J connectivity index is 1.72. The molecular formula is C22H23F3N2O3. The summed E-state index contributed by atoms with van der Waals surface area (Å²) in [5, 5.41) is 3.22. The smallest absolute Gasteiger partial charge is 0.416 e. The summed E-state index contributed by atoms with van der Waals surface area (Å²) in [5.41, 5.74) is 2.57. The highest BCUT2D eigenvalue weighted by atomic mass is 19.4. The van der Waals surface area contributed by atoms with Gasteiger partial charge in [0.05, 0.1) is 19.3 Å². The fourth-order valence-corrected chi connectivity index (χ4v) is 4.39. The number of hydrogen-bond acceptors (Lipinski definition) is 4. The van der Waals surface area contributed by atoms with Crippen molar-refractivity contribution in [2.45, 2.75) is 32.0 Å². The molecule has 2 aliphatic heterocycles. The van der Waals surface area contributed by atoms with Crippen LogP contribution in [-0.4, -0.2) is 37.4 Å². The normalized spacial score (nSPS) is 23.2. The second kappa shape index (κ2) is 7.74. The molecule has 4 rings (SSSR count). The molecule has 1 amide bonds. The number of carbonyl (C=O) groups is 1. The van der Waals surface area contributed by atoms with Crippen molar-refractivity contribution in [2.24, 2.45) is 5.92 Å². The summed E-state index contributed by atoms with van der Waals surface area (Å²) in [7, 11) is 1.57. The molecule has 1 N–H and O–H groups in total. The van der Waals surface area contributed by atoms with E-state index >= 15 is 0 Å². The first kappa shape index (κ1) is 20.4. The zero-order valence-electron chi connectivity index (χ0n) is 16.8. The van der Waals surface area contributed by atoms with Crippen LogP contribution in [0, 0.1) is 5.92 Å². The molecule has 8 heteroatoms. The van der Waals surface area contributed by atoms with Gasteiger partial charge >= 0.3 is 12.3 Å². The molecule has 1 aromatic rings. The highest BCUT2D eigenvalue weighted by Gasteiger charge is 2.44. The Kier molecular flexibility index (Phi) is 5.26. The number of rotatable bonds is 3. The molecule has 2 atom stereocenters. The van der Waals surface area contributed by atoms with E-state index in [4.69, 9.17) is 9.47 Å². The van der Waals surface area contributed by atoms with Gasteiger partial charge in [-0.3, -0.25) is 4.90 Å². The summed E-state index contributed by atoms with van der Waals surface area (Å²) in [6, 6.07) is 6.88. The van der Waals surface area contributed by atoms with E-state index in [9.17, 15) is 18.0 Å². The van der Waals surface area contributed by atoms with Crippen LogP contribution in [0.4, 0.5) is 18.0 Å². The zero-order chi connectivity index (χ0) is 21.5. The van der Waals surface area contributed by atoms with Crippen molar-refractivity contribution in [3.05, 3.63) is 64.5 Å². The molecule has 2 unspecified atom stereocenters. The predicted octanol–water partition coefficient (Wildman–Crippen LogP) is 4.85. The number of allylic oxidation sites excluding steroid dienone is 4. The minimum Gasteiger partial charge on any atom is -0.497 e. The maximum absolute atomic E-state index is 13.2. The van der Waals surface area contributed by atoms with E-state index in [0.717, 1.165) is 16.8 Å². The third-order valence-electron chi connectivity index (χ3n) is 5.77.